The highest BCUT2D eigenvalue weighted by Gasteiger charge is 2.38. The minimum absolute atomic E-state index is 0.109. The molecule has 8 heteroatoms. The molecular formula is C21H28N4O3S. The fraction of sp³-hybridized carbons (Fsp3) is 0.524. The summed E-state index contributed by atoms with van der Waals surface area (Å²) in [5.74, 6) is 1.26. The number of hydrogen-bond acceptors (Lipinski definition) is 6. The fourth-order valence-electron chi connectivity index (χ4n) is 3.69. The number of benzene rings is 1. The van der Waals surface area contributed by atoms with Gasteiger partial charge in [0, 0.05) is 12.6 Å². The van der Waals surface area contributed by atoms with Gasteiger partial charge in [-0.1, -0.05) is 43.0 Å². The number of rotatable bonds is 7. The van der Waals surface area contributed by atoms with E-state index in [0.29, 0.717) is 11.7 Å². The van der Waals surface area contributed by atoms with Crippen LogP contribution in [0, 0.1) is 13.8 Å². The topological polar surface area (TPSA) is 97.1 Å². The van der Waals surface area contributed by atoms with E-state index in [1.54, 1.807) is 6.92 Å². The molecule has 2 amide bonds. The first-order valence-corrected chi connectivity index (χ1v) is 11.2. The van der Waals surface area contributed by atoms with E-state index in [4.69, 9.17) is 4.52 Å². The van der Waals surface area contributed by atoms with Crippen molar-refractivity contribution in [2.24, 2.45) is 0 Å². The van der Waals surface area contributed by atoms with Crippen LogP contribution < -0.4 is 10.6 Å². The minimum atomic E-state index is -0.574. The summed E-state index contributed by atoms with van der Waals surface area (Å²) in [6.45, 7) is 3.73. The molecule has 3 rings (SSSR count). The number of nitrogens with zero attached hydrogens (tertiary/aromatic N) is 2. The summed E-state index contributed by atoms with van der Waals surface area (Å²) < 4.78 is 5.17. The molecule has 1 aliphatic carbocycles. The molecule has 2 aromatic rings. The third kappa shape index (κ3) is 6.06. The highest BCUT2D eigenvalue weighted by Crippen LogP contribution is 2.34. The lowest BCUT2D eigenvalue weighted by molar-refractivity contribution is -0.121. The molecule has 29 heavy (non-hydrogen) atoms. The predicted molar refractivity (Wildman–Crippen MR) is 114 cm³/mol. The number of anilines is 1. The second-order valence-electron chi connectivity index (χ2n) is 7.59. The Kier molecular flexibility index (Phi) is 7.30. The van der Waals surface area contributed by atoms with Crippen molar-refractivity contribution >= 4 is 29.3 Å². The van der Waals surface area contributed by atoms with Crippen LogP contribution in [-0.4, -0.2) is 33.5 Å². The first-order chi connectivity index (χ1) is 14.0. The standard InChI is InChI=1S/C21H28N4O3S/c1-15-8-7-9-17(12-15)23-18(26)13-29-14-19(27)24-21(10-5-3-4-6-11-21)20-22-16(2)28-25-20/h7-9,12H,3-6,10-11,13-14H2,1-2H3,(H,23,26)(H,24,27). The van der Waals surface area contributed by atoms with E-state index in [-0.39, 0.29) is 23.3 Å². The van der Waals surface area contributed by atoms with Crippen molar-refractivity contribution in [1.29, 1.82) is 0 Å². The van der Waals surface area contributed by atoms with Crippen LogP contribution in [0.1, 0.15) is 55.8 Å². The van der Waals surface area contributed by atoms with Crippen LogP contribution in [0.5, 0.6) is 0 Å². The zero-order valence-corrected chi connectivity index (χ0v) is 17.8. The van der Waals surface area contributed by atoms with Crippen molar-refractivity contribution in [3.05, 3.63) is 41.5 Å². The summed E-state index contributed by atoms with van der Waals surface area (Å²) in [6.07, 6.45) is 5.91. The second kappa shape index (κ2) is 9.91. The monoisotopic (exact) mass is 416 g/mol. The maximum atomic E-state index is 12.6. The van der Waals surface area contributed by atoms with Crippen LogP contribution in [0.4, 0.5) is 5.69 Å². The van der Waals surface area contributed by atoms with E-state index in [0.717, 1.165) is 49.8 Å². The van der Waals surface area contributed by atoms with E-state index in [1.165, 1.54) is 11.8 Å². The summed E-state index contributed by atoms with van der Waals surface area (Å²) in [5.41, 5.74) is 1.28. The zero-order valence-electron chi connectivity index (χ0n) is 17.0. The van der Waals surface area contributed by atoms with E-state index < -0.39 is 5.54 Å². The molecule has 1 saturated carbocycles. The van der Waals surface area contributed by atoms with Gasteiger partial charge in [0.2, 0.25) is 17.7 Å². The number of aromatic nitrogens is 2. The fourth-order valence-corrected chi connectivity index (χ4v) is 4.31. The molecule has 1 aromatic heterocycles. The Bertz CT molecular complexity index is 844. The molecule has 1 fully saturated rings. The molecule has 1 aromatic carbocycles. The summed E-state index contributed by atoms with van der Waals surface area (Å²) in [6, 6.07) is 7.64. The molecule has 0 atom stereocenters. The highest BCUT2D eigenvalue weighted by molar-refractivity contribution is 8.00. The quantitative estimate of drug-likeness (QED) is 0.668. The number of nitrogens with one attached hydrogen (secondary N) is 2. The largest absolute Gasteiger partial charge is 0.343 e. The Labute approximate surface area is 175 Å². The van der Waals surface area contributed by atoms with Crippen molar-refractivity contribution in [2.75, 3.05) is 16.8 Å². The van der Waals surface area contributed by atoms with Crippen LogP contribution in [0.15, 0.2) is 28.8 Å². The maximum absolute atomic E-state index is 12.6. The third-order valence-corrected chi connectivity index (χ3v) is 5.99. The molecule has 0 spiro atoms. The minimum Gasteiger partial charge on any atom is -0.343 e. The van der Waals surface area contributed by atoms with Gasteiger partial charge in [-0.3, -0.25) is 9.59 Å². The molecule has 0 aliphatic heterocycles. The Morgan fingerprint density at radius 1 is 1.10 bits per heavy atom. The molecule has 1 heterocycles. The Morgan fingerprint density at radius 3 is 2.48 bits per heavy atom. The lowest BCUT2D eigenvalue weighted by Crippen LogP contribution is -2.47. The van der Waals surface area contributed by atoms with Crippen LogP contribution in [-0.2, 0) is 15.1 Å². The summed E-state index contributed by atoms with van der Waals surface area (Å²) in [4.78, 5) is 29.2. The first-order valence-electron chi connectivity index (χ1n) is 10.0. The highest BCUT2D eigenvalue weighted by atomic mass is 32.2. The SMILES string of the molecule is Cc1cccc(NC(=O)CSCC(=O)NC2(c3noc(C)n3)CCCCCC2)c1. The van der Waals surface area contributed by atoms with Gasteiger partial charge < -0.3 is 15.2 Å². The molecule has 0 bridgehead atoms. The lowest BCUT2D eigenvalue weighted by atomic mass is 9.89. The van der Waals surface area contributed by atoms with Gasteiger partial charge >= 0.3 is 0 Å². The summed E-state index contributed by atoms with van der Waals surface area (Å²) >= 11 is 1.30. The number of amides is 2. The molecule has 0 radical (unpaired) electrons. The lowest BCUT2D eigenvalue weighted by Gasteiger charge is -2.30. The second-order valence-corrected chi connectivity index (χ2v) is 8.58. The van der Waals surface area contributed by atoms with Gasteiger partial charge in [0.15, 0.2) is 5.82 Å². The average molecular weight is 417 g/mol. The summed E-state index contributed by atoms with van der Waals surface area (Å²) in [5, 5.41) is 10.1. The third-order valence-electron chi connectivity index (χ3n) is 5.06. The van der Waals surface area contributed by atoms with Crippen molar-refractivity contribution in [3.63, 3.8) is 0 Å². The van der Waals surface area contributed by atoms with E-state index in [1.807, 2.05) is 31.2 Å². The molecule has 2 N–H and O–H groups in total. The molecule has 156 valence electrons. The van der Waals surface area contributed by atoms with Crippen LogP contribution in [0.2, 0.25) is 0 Å². The van der Waals surface area contributed by atoms with E-state index in [9.17, 15) is 9.59 Å². The Morgan fingerprint density at radius 2 is 1.83 bits per heavy atom. The van der Waals surface area contributed by atoms with E-state index >= 15 is 0 Å². The maximum Gasteiger partial charge on any atom is 0.234 e. The van der Waals surface area contributed by atoms with Gasteiger partial charge in [0.1, 0.15) is 5.54 Å². The van der Waals surface area contributed by atoms with Gasteiger partial charge in [0.25, 0.3) is 0 Å². The van der Waals surface area contributed by atoms with Gasteiger partial charge in [0.05, 0.1) is 11.5 Å². The molecule has 7 nitrogen and oxygen atoms in total. The van der Waals surface area contributed by atoms with Crippen LogP contribution in [0.25, 0.3) is 0 Å². The van der Waals surface area contributed by atoms with Crippen LogP contribution in [0.3, 0.4) is 0 Å². The molecule has 0 unspecified atom stereocenters. The Balaban J connectivity index is 1.53. The van der Waals surface area contributed by atoms with Crippen molar-refractivity contribution in [3.8, 4) is 0 Å². The van der Waals surface area contributed by atoms with Gasteiger partial charge in [-0.05, 0) is 37.5 Å². The number of thioether (sulfide) groups is 1. The molecular weight excluding hydrogens is 388 g/mol. The van der Waals surface area contributed by atoms with Crippen molar-refractivity contribution in [2.45, 2.75) is 57.9 Å². The van der Waals surface area contributed by atoms with Gasteiger partial charge in [-0.15, -0.1) is 11.8 Å². The smallest absolute Gasteiger partial charge is 0.234 e. The number of hydrogen-bond donors (Lipinski definition) is 2. The van der Waals surface area contributed by atoms with Crippen LogP contribution >= 0.6 is 11.8 Å². The average Bonchev–Trinajstić information content (AvgIpc) is 2.97. The number of carbonyl (C=O) groups is 2. The van der Waals surface area contributed by atoms with E-state index in [2.05, 4.69) is 20.8 Å². The van der Waals surface area contributed by atoms with Gasteiger partial charge in [-0.2, -0.15) is 4.98 Å². The predicted octanol–water partition coefficient (Wildman–Crippen LogP) is 3.72. The first kappa shape index (κ1) is 21.4. The number of carbonyl (C=O) groups excluding carboxylic acids is 2. The summed E-state index contributed by atoms with van der Waals surface area (Å²) in [7, 11) is 0. The number of aryl methyl sites for hydroxylation is 2. The van der Waals surface area contributed by atoms with Crippen molar-refractivity contribution in [1.82, 2.24) is 15.5 Å². The normalized spacial score (nSPS) is 16.1. The zero-order chi connectivity index (χ0) is 20.7. The van der Waals surface area contributed by atoms with Crippen molar-refractivity contribution < 1.29 is 14.1 Å². The molecule has 0 saturated heterocycles. The molecule has 1 aliphatic rings. The Hall–Kier alpha value is -2.35. The van der Waals surface area contributed by atoms with Gasteiger partial charge in [-0.25, -0.2) is 0 Å².